The minimum absolute atomic E-state index is 0.00742. The van der Waals surface area contributed by atoms with Gasteiger partial charge in [0.25, 0.3) is 0 Å². The summed E-state index contributed by atoms with van der Waals surface area (Å²) in [6.07, 6.45) is -0.342. The highest BCUT2D eigenvalue weighted by Gasteiger charge is 2.41. The topological polar surface area (TPSA) is 38.8 Å². The van der Waals surface area contributed by atoms with Crippen molar-refractivity contribution in [3.63, 3.8) is 0 Å². The number of ether oxygens (including phenoxy) is 2. The maximum Gasteiger partial charge on any atom is 0.410 e. The zero-order chi connectivity index (χ0) is 19.3. The standard InChI is InChI=1S/C22H29NO3Si/c1-27(2,3)15-14-25-22(24)23(16-18-10-6-4-7-11-18)20-17-26-21(20)19-12-8-5-9-13-19/h4-13,20-21H,14-17H2,1-3H3/t20-,21-/m1/s1. The van der Waals surface area contributed by atoms with Gasteiger partial charge in [0.05, 0.1) is 19.3 Å². The molecule has 3 rings (SSSR count). The van der Waals surface area contributed by atoms with Gasteiger partial charge < -0.3 is 9.47 Å². The molecule has 1 aliphatic heterocycles. The van der Waals surface area contributed by atoms with E-state index in [4.69, 9.17) is 9.47 Å². The third kappa shape index (κ3) is 5.43. The van der Waals surface area contributed by atoms with Crippen LogP contribution in [0.3, 0.4) is 0 Å². The summed E-state index contributed by atoms with van der Waals surface area (Å²) in [6.45, 7) is 8.41. The molecule has 2 atom stereocenters. The molecule has 0 saturated carbocycles. The molecule has 1 amide bonds. The first kappa shape index (κ1) is 19.6. The number of benzene rings is 2. The molecular weight excluding hydrogens is 354 g/mol. The highest BCUT2D eigenvalue weighted by atomic mass is 28.3. The molecule has 2 aromatic carbocycles. The molecule has 1 aliphatic rings. The molecule has 1 fully saturated rings. The molecule has 0 aromatic heterocycles. The summed E-state index contributed by atoms with van der Waals surface area (Å²) in [7, 11) is -1.24. The van der Waals surface area contributed by atoms with Crippen LogP contribution in [0.2, 0.25) is 25.7 Å². The van der Waals surface area contributed by atoms with E-state index in [0.717, 1.165) is 17.2 Å². The zero-order valence-electron chi connectivity index (χ0n) is 16.4. The predicted molar refractivity (Wildman–Crippen MR) is 110 cm³/mol. The van der Waals surface area contributed by atoms with Crippen LogP contribution in [0.5, 0.6) is 0 Å². The number of carbonyl (C=O) groups is 1. The number of hydrogen-bond donors (Lipinski definition) is 0. The highest BCUT2D eigenvalue weighted by Crippen LogP contribution is 2.34. The smallest absolute Gasteiger partial charge is 0.410 e. The summed E-state index contributed by atoms with van der Waals surface area (Å²) in [5.74, 6) is 0. The lowest BCUT2D eigenvalue weighted by molar-refractivity contribution is -0.133. The van der Waals surface area contributed by atoms with Crippen molar-refractivity contribution in [3.05, 3.63) is 71.8 Å². The SMILES string of the molecule is C[Si](C)(C)CCOC(=O)N(Cc1ccccc1)[C@@H]1CO[C@@H]1c1ccccc1. The molecule has 0 aliphatic carbocycles. The first-order chi connectivity index (χ1) is 12.9. The second-order valence-electron chi connectivity index (χ2n) is 8.27. The molecule has 0 spiro atoms. The zero-order valence-corrected chi connectivity index (χ0v) is 17.4. The van der Waals surface area contributed by atoms with Crippen LogP contribution in [0.15, 0.2) is 60.7 Å². The number of amides is 1. The Morgan fingerprint density at radius 3 is 2.26 bits per heavy atom. The Bertz CT molecular complexity index is 730. The largest absolute Gasteiger partial charge is 0.450 e. The van der Waals surface area contributed by atoms with Crippen molar-refractivity contribution in [2.45, 2.75) is 44.4 Å². The molecule has 2 aromatic rings. The second kappa shape index (κ2) is 8.72. The van der Waals surface area contributed by atoms with Crippen molar-refractivity contribution in [1.29, 1.82) is 0 Å². The van der Waals surface area contributed by atoms with Crippen LogP contribution in [0.1, 0.15) is 17.2 Å². The second-order valence-corrected chi connectivity index (χ2v) is 13.9. The van der Waals surface area contributed by atoms with Crippen molar-refractivity contribution in [2.24, 2.45) is 0 Å². The van der Waals surface area contributed by atoms with E-state index in [1.807, 2.05) is 65.6 Å². The van der Waals surface area contributed by atoms with Gasteiger partial charge in [-0.25, -0.2) is 4.79 Å². The fraction of sp³-hybridized carbons (Fsp3) is 0.409. The lowest BCUT2D eigenvalue weighted by Gasteiger charge is -2.43. The minimum Gasteiger partial charge on any atom is -0.450 e. The normalized spacial score (nSPS) is 19.2. The highest BCUT2D eigenvalue weighted by molar-refractivity contribution is 6.76. The summed E-state index contributed by atoms with van der Waals surface area (Å²) in [5.41, 5.74) is 2.19. The average Bonchev–Trinajstić information content (AvgIpc) is 2.61. The fourth-order valence-electron chi connectivity index (χ4n) is 3.12. The third-order valence-electron chi connectivity index (χ3n) is 4.83. The predicted octanol–water partition coefficient (Wildman–Crippen LogP) is 5.10. The number of nitrogens with zero attached hydrogens (tertiary/aromatic N) is 1. The van der Waals surface area contributed by atoms with E-state index in [9.17, 15) is 4.79 Å². The van der Waals surface area contributed by atoms with Crippen LogP contribution in [-0.2, 0) is 16.0 Å². The molecule has 0 N–H and O–H groups in total. The van der Waals surface area contributed by atoms with Gasteiger partial charge in [0.2, 0.25) is 0 Å². The van der Waals surface area contributed by atoms with E-state index in [1.54, 1.807) is 0 Å². The van der Waals surface area contributed by atoms with Crippen molar-refractivity contribution >= 4 is 14.2 Å². The van der Waals surface area contributed by atoms with Gasteiger partial charge in [0, 0.05) is 14.6 Å². The molecule has 144 valence electrons. The fourth-order valence-corrected chi connectivity index (χ4v) is 3.83. The van der Waals surface area contributed by atoms with E-state index in [1.165, 1.54) is 0 Å². The van der Waals surface area contributed by atoms with Crippen LogP contribution >= 0.6 is 0 Å². The van der Waals surface area contributed by atoms with Gasteiger partial charge in [0.1, 0.15) is 6.10 Å². The molecule has 1 heterocycles. The quantitative estimate of drug-likeness (QED) is 0.624. The Labute approximate surface area is 163 Å². The van der Waals surface area contributed by atoms with Crippen molar-refractivity contribution in [2.75, 3.05) is 13.2 Å². The van der Waals surface area contributed by atoms with Crippen molar-refractivity contribution < 1.29 is 14.3 Å². The van der Waals surface area contributed by atoms with Gasteiger partial charge in [-0.15, -0.1) is 0 Å². The minimum atomic E-state index is -1.24. The lowest BCUT2D eigenvalue weighted by Crippen LogP contribution is -2.53. The van der Waals surface area contributed by atoms with E-state index in [-0.39, 0.29) is 18.2 Å². The maximum absolute atomic E-state index is 12.9. The van der Waals surface area contributed by atoms with Crippen LogP contribution in [-0.4, -0.2) is 38.3 Å². The third-order valence-corrected chi connectivity index (χ3v) is 6.54. The van der Waals surface area contributed by atoms with Crippen LogP contribution in [0, 0.1) is 0 Å². The Kier molecular flexibility index (Phi) is 6.34. The van der Waals surface area contributed by atoms with E-state index >= 15 is 0 Å². The van der Waals surface area contributed by atoms with Gasteiger partial charge in [-0.2, -0.15) is 0 Å². The lowest BCUT2D eigenvalue weighted by atomic mass is 9.96. The summed E-state index contributed by atoms with van der Waals surface area (Å²) >= 11 is 0. The Hall–Kier alpha value is -2.11. The monoisotopic (exact) mass is 383 g/mol. The Morgan fingerprint density at radius 2 is 1.70 bits per heavy atom. The molecule has 0 bridgehead atoms. The average molecular weight is 384 g/mol. The van der Waals surface area contributed by atoms with Crippen LogP contribution < -0.4 is 0 Å². The first-order valence-electron chi connectivity index (χ1n) is 9.58. The van der Waals surface area contributed by atoms with Crippen LogP contribution in [0.25, 0.3) is 0 Å². The van der Waals surface area contributed by atoms with Crippen LogP contribution in [0.4, 0.5) is 4.79 Å². The maximum atomic E-state index is 12.9. The molecule has 4 nitrogen and oxygen atoms in total. The molecule has 0 unspecified atom stereocenters. The summed E-state index contributed by atoms with van der Waals surface area (Å²) in [6, 6.07) is 21.1. The Morgan fingerprint density at radius 1 is 1.07 bits per heavy atom. The van der Waals surface area contributed by atoms with E-state index < -0.39 is 8.07 Å². The van der Waals surface area contributed by atoms with Gasteiger partial charge in [-0.3, -0.25) is 4.90 Å². The molecule has 5 heteroatoms. The summed E-state index contributed by atoms with van der Waals surface area (Å²) in [5, 5.41) is 0. The van der Waals surface area contributed by atoms with Crippen molar-refractivity contribution in [1.82, 2.24) is 4.90 Å². The van der Waals surface area contributed by atoms with Gasteiger partial charge >= 0.3 is 6.09 Å². The summed E-state index contributed by atoms with van der Waals surface area (Å²) < 4.78 is 11.5. The van der Waals surface area contributed by atoms with E-state index in [2.05, 4.69) is 19.6 Å². The molecular formula is C22H29NO3Si. The number of carbonyl (C=O) groups excluding carboxylic acids is 1. The van der Waals surface area contributed by atoms with Gasteiger partial charge in [0.15, 0.2) is 0 Å². The van der Waals surface area contributed by atoms with Gasteiger partial charge in [-0.05, 0) is 17.2 Å². The van der Waals surface area contributed by atoms with Crippen molar-refractivity contribution in [3.8, 4) is 0 Å². The van der Waals surface area contributed by atoms with Gasteiger partial charge in [-0.1, -0.05) is 80.3 Å². The Balaban J connectivity index is 1.72. The number of rotatable bonds is 7. The summed E-state index contributed by atoms with van der Waals surface area (Å²) in [4.78, 5) is 14.7. The molecule has 1 saturated heterocycles. The molecule has 0 radical (unpaired) electrons. The molecule has 27 heavy (non-hydrogen) atoms. The number of hydrogen-bond acceptors (Lipinski definition) is 3. The first-order valence-corrected chi connectivity index (χ1v) is 13.3. The van der Waals surface area contributed by atoms with E-state index in [0.29, 0.717) is 19.8 Å².